The fourth-order valence-corrected chi connectivity index (χ4v) is 1.71. The maximum Gasteiger partial charge on any atom is 0.343 e. The predicted molar refractivity (Wildman–Crippen MR) is 67.1 cm³/mol. The van der Waals surface area contributed by atoms with E-state index in [2.05, 4.69) is 4.98 Å². The summed E-state index contributed by atoms with van der Waals surface area (Å²) in [5.41, 5.74) is -1.02. The molecule has 6 nitrogen and oxygen atoms in total. The van der Waals surface area contributed by atoms with Gasteiger partial charge in [-0.3, -0.25) is 9.47 Å². The highest BCUT2D eigenvalue weighted by Gasteiger charge is 2.18. The van der Waals surface area contributed by atoms with E-state index in [1.165, 1.54) is 0 Å². The van der Waals surface area contributed by atoms with Crippen LogP contribution in [-0.4, -0.2) is 22.2 Å². The number of pyridine rings is 2. The summed E-state index contributed by atoms with van der Waals surface area (Å²) >= 11 is 5.52. The molecule has 0 aromatic carbocycles. The first-order valence-electron chi connectivity index (χ1n) is 5.29. The zero-order valence-electron chi connectivity index (χ0n) is 9.81. The van der Waals surface area contributed by atoms with Gasteiger partial charge in [0.05, 0.1) is 12.0 Å². The lowest BCUT2D eigenvalue weighted by molar-refractivity contribution is 0.0524. The van der Waals surface area contributed by atoms with E-state index in [0.717, 1.165) is 16.9 Å². The van der Waals surface area contributed by atoms with Gasteiger partial charge in [0, 0.05) is 6.20 Å². The number of fused-ring (bicyclic) bond motifs is 1. The van der Waals surface area contributed by atoms with Gasteiger partial charge in [-0.2, -0.15) is 0 Å². The van der Waals surface area contributed by atoms with Gasteiger partial charge in [0.25, 0.3) is 0 Å². The third-order valence-corrected chi connectivity index (χ3v) is 2.68. The fourth-order valence-electron chi connectivity index (χ4n) is 1.58. The van der Waals surface area contributed by atoms with Gasteiger partial charge in [-0.1, -0.05) is 11.6 Å². The second-order valence-corrected chi connectivity index (χ2v) is 3.99. The number of carbonyl (C=O) groups excluding carboxylic acids is 1. The van der Waals surface area contributed by atoms with Crippen LogP contribution in [0.2, 0.25) is 5.15 Å². The van der Waals surface area contributed by atoms with Crippen molar-refractivity contribution in [1.29, 1.82) is 0 Å². The molecule has 2 N–H and O–H groups in total. The van der Waals surface area contributed by atoms with Gasteiger partial charge in [-0.05, 0) is 13.0 Å². The maximum atomic E-state index is 13.3. The standard InChI is InChI=1S/C11H9ClFN3O3/c1-2-19-11(18)6-4-16(14)10-5(8(6)17)3-7(13)9(12)15-10/h3-4H,2,14H2,1H3. The Hall–Kier alpha value is -2.15. The smallest absolute Gasteiger partial charge is 0.343 e. The van der Waals surface area contributed by atoms with E-state index in [4.69, 9.17) is 22.2 Å². The molecule has 0 saturated heterocycles. The number of halogens is 2. The number of hydrogen-bond acceptors (Lipinski definition) is 5. The SMILES string of the molecule is CCOC(=O)c1cn(N)c2nc(Cl)c(F)cc2c1=O. The molecule has 0 radical (unpaired) electrons. The van der Waals surface area contributed by atoms with E-state index in [1.807, 2.05) is 0 Å². The van der Waals surface area contributed by atoms with E-state index in [9.17, 15) is 14.0 Å². The maximum absolute atomic E-state index is 13.3. The summed E-state index contributed by atoms with van der Waals surface area (Å²) in [5, 5.41) is -0.551. The van der Waals surface area contributed by atoms with Crippen molar-refractivity contribution in [2.75, 3.05) is 12.4 Å². The number of nitrogens with zero attached hydrogens (tertiary/aromatic N) is 2. The molecule has 2 aromatic rings. The molecule has 0 unspecified atom stereocenters. The number of esters is 1. The summed E-state index contributed by atoms with van der Waals surface area (Å²) in [5.74, 6) is 3.91. The Morgan fingerprint density at radius 2 is 2.32 bits per heavy atom. The Balaban J connectivity index is 2.78. The van der Waals surface area contributed by atoms with Crippen molar-refractivity contribution in [2.24, 2.45) is 0 Å². The van der Waals surface area contributed by atoms with Crippen LogP contribution in [0.3, 0.4) is 0 Å². The fraction of sp³-hybridized carbons (Fsp3) is 0.182. The average molecular weight is 286 g/mol. The van der Waals surface area contributed by atoms with E-state index < -0.39 is 22.4 Å². The molecular formula is C11H9ClFN3O3. The molecule has 0 aliphatic carbocycles. The number of aromatic nitrogens is 2. The van der Waals surface area contributed by atoms with E-state index >= 15 is 0 Å². The molecule has 0 atom stereocenters. The molecule has 0 amide bonds. The van der Waals surface area contributed by atoms with Crippen LogP contribution >= 0.6 is 11.6 Å². The second-order valence-electron chi connectivity index (χ2n) is 3.63. The highest BCUT2D eigenvalue weighted by Crippen LogP contribution is 2.16. The minimum atomic E-state index is -0.868. The van der Waals surface area contributed by atoms with Crippen molar-refractivity contribution < 1.29 is 13.9 Å². The quantitative estimate of drug-likeness (QED) is 0.507. The Labute approximate surface area is 111 Å². The van der Waals surface area contributed by atoms with Crippen LogP contribution < -0.4 is 11.3 Å². The van der Waals surface area contributed by atoms with Crippen molar-refractivity contribution in [2.45, 2.75) is 6.92 Å². The Morgan fingerprint density at radius 1 is 1.63 bits per heavy atom. The van der Waals surface area contributed by atoms with E-state index in [-0.39, 0.29) is 23.2 Å². The first-order chi connectivity index (χ1) is 8.95. The lowest BCUT2D eigenvalue weighted by Gasteiger charge is -2.08. The highest BCUT2D eigenvalue weighted by atomic mass is 35.5. The molecule has 2 aromatic heterocycles. The van der Waals surface area contributed by atoms with Gasteiger partial charge in [0.15, 0.2) is 16.6 Å². The molecule has 19 heavy (non-hydrogen) atoms. The number of carbonyl (C=O) groups is 1. The third-order valence-electron chi connectivity index (χ3n) is 2.41. The normalized spacial score (nSPS) is 10.7. The largest absolute Gasteiger partial charge is 0.462 e. The lowest BCUT2D eigenvalue weighted by atomic mass is 10.2. The molecule has 2 heterocycles. The molecule has 0 aliphatic heterocycles. The van der Waals surface area contributed by atoms with Crippen LogP contribution in [0, 0.1) is 5.82 Å². The van der Waals surface area contributed by atoms with Crippen LogP contribution in [0.25, 0.3) is 11.0 Å². The Morgan fingerprint density at radius 3 is 2.95 bits per heavy atom. The van der Waals surface area contributed by atoms with E-state index in [1.54, 1.807) is 6.92 Å². The summed E-state index contributed by atoms with van der Waals surface area (Å²) in [6.07, 6.45) is 1.07. The molecular weight excluding hydrogens is 277 g/mol. The molecule has 0 spiro atoms. The minimum Gasteiger partial charge on any atom is -0.462 e. The van der Waals surface area contributed by atoms with Crippen molar-refractivity contribution in [3.8, 4) is 0 Å². The van der Waals surface area contributed by atoms with Crippen LogP contribution in [0.4, 0.5) is 4.39 Å². The summed E-state index contributed by atoms with van der Waals surface area (Å²) < 4.78 is 19.0. The number of rotatable bonds is 2. The van der Waals surface area contributed by atoms with Gasteiger partial charge in [-0.25, -0.2) is 14.2 Å². The van der Waals surface area contributed by atoms with Gasteiger partial charge in [-0.15, -0.1) is 0 Å². The van der Waals surface area contributed by atoms with Crippen LogP contribution in [0.1, 0.15) is 17.3 Å². The van der Waals surface area contributed by atoms with Crippen molar-refractivity contribution in [1.82, 2.24) is 9.66 Å². The van der Waals surface area contributed by atoms with Crippen LogP contribution in [0.5, 0.6) is 0 Å². The lowest BCUT2D eigenvalue weighted by Crippen LogP contribution is -2.24. The predicted octanol–water partition coefficient (Wildman–Crippen LogP) is 1.08. The van der Waals surface area contributed by atoms with Gasteiger partial charge < -0.3 is 10.6 Å². The Kier molecular flexibility index (Phi) is 3.39. The van der Waals surface area contributed by atoms with Crippen LogP contribution in [0.15, 0.2) is 17.1 Å². The first-order valence-corrected chi connectivity index (χ1v) is 5.67. The van der Waals surface area contributed by atoms with Gasteiger partial charge in [0.1, 0.15) is 5.56 Å². The summed E-state index contributed by atoms with van der Waals surface area (Å²) in [7, 11) is 0. The van der Waals surface area contributed by atoms with Gasteiger partial charge in [0.2, 0.25) is 5.43 Å². The number of hydrogen-bond donors (Lipinski definition) is 1. The van der Waals surface area contributed by atoms with Crippen molar-refractivity contribution in [3.05, 3.63) is 39.0 Å². The molecule has 8 heteroatoms. The molecule has 0 fully saturated rings. The molecule has 0 aliphatic rings. The highest BCUT2D eigenvalue weighted by molar-refractivity contribution is 6.29. The molecule has 0 bridgehead atoms. The second kappa shape index (κ2) is 4.85. The summed E-state index contributed by atoms with van der Waals surface area (Å²) in [6.45, 7) is 1.70. The van der Waals surface area contributed by atoms with E-state index in [0.29, 0.717) is 0 Å². The zero-order valence-corrected chi connectivity index (χ0v) is 10.6. The topological polar surface area (TPSA) is 87.2 Å². The molecule has 100 valence electrons. The zero-order chi connectivity index (χ0) is 14.2. The summed E-state index contributed by atoms with van der Waals surface area (Å²) in [6, 6.07) is 0.888. The average Bonchev–Trinajstić information content (AvgIpc) is 2.36. The van der Waals surface area contributed by atoms with Gasteiger partial charge >= 0.3 is 5.97 Å². The Bertz CT molecular complexity index is 729. The first kappa shape index (κ1) is 13.3. The molecule has 2 rings (SSSR count). The summed E-state index contributed by atoms with van der Waals surface area (Å²) in [4.78, 5) is 27.3. The number of nitrogens with two attached hydrogens (primary N) is 1. The minimum absolute atomic E-state index is 0.0237. The van der Waals surface area contributed by atoms with Crippen molar-refractivity contribution >= 4 is 28.6 Å². The monoisotopic (exact) mass is 285 g/mol. The van der Waals surface area contributed by atoms with Crippen molar-refractivity contribution in [3.63, 3.8) is 0 Å². The number of ether oxygens (including phenoxy) is 1. The van der Waals surface area contributed by atoms with Crippen LogP contribution in [-0.2, 0) is 4.74 Å². The third kappa shape index (κ3) is 2.24. The number of nitrogen functional groups attached to an aromatic ring is 1. The molecule has 0 saturated carbocycles.